The van der Waals surface area contributed by atoms with Crippen molar-refractivity contribution < 1.29 is 14.7 Å². The summed E-state index contributed by atoms with van der Waals surface area (Å²) in [7, 11) is 1.75. The van der Waals surface area contributed by atoms with Crippen LogP contribution >= 0.6 is 11.3 Å². The second kappa shape index (κ2) is 10.3. The Morgan fingerprint density at radius 1 is 1.28 bits per heavy atom. The highest BCUT2D eigenvalue weighted by molar-refractivity contribution is 7.15. The standard InChI is InChI=1S/C27H32N4O4S/c1-6-30-14-20(11-17(3)29(5)18(4)32)31-15-22(24(33)25(34)23(31)27(30)35)26-28-13-21(36-26)12-19-9-7-16(2)8-10-19/h7-10,13,15,17,20,34H,6,11-12,14H2,1-5H3/t17?,20-/m0/s1. The normalized spacial score (nSPS) is 16.1. The second-order valence-electron chi connectivity index (χ2n) is 9.48. The van der Waals surface area contributed by atoms with Crippen LogP contribution in [-0.2, 0) is 11.2 Å². The lowest BCUT2D eigenvalue weighted by Crippen LogP contribution is -2.46. The third-order valence-electron chi connectivity index (χ3n) is 6.96. The van der Waals surface area contributed by atoms with Crippen LogP contribution in [0.2, 0.25) is 0 Å². The highest BCUT2D eigenvalue weighted by Crippen LogP contribution is 2.33. The Morgan fingerprint density at radius 3 is 2.61 bits per heavy atom. The number of amides is 2. The average Bonchev–Trinajstić information content (AvgIpc) is 3.31. The van der Waals surface area contributed by atoms with Crippen molar-refractivity contribution in [3.8, 4) is 16.3 Å². The van der Waals surface area contributed by atoms with Gasteiger partial charge in [0, 0.05) is 56.8 Å². The molecule has 2 aromatic heterocycles. The van der Waals surface area contributed by atoms with Crippen molar-refractivity contribution in [2.75, 3.05) is 20.1 Å². The monoisotopic (exact) mass is 508 g/mol. The van der Waals surface area contributed by atoms with Gasteiger partial charge in [0.2, 0.25) is 11.3 Å². The molecule has 3 aromatic rings. The van der Waals surface area contributed by atoms with Crippen molar-refractivity contribution in [1.82, 2.24) is 19.4 Å². The molecule has 0 spiro atoms. The van der Waals surface area contributed by atoms with Crippen LogP contribution in [0, 0.1) is 6.92 Å². The summed E-state index contributed by atoms with van der Waals surface area (Å²) in [4.78, 5) is 47.0. The third kappa shape index (κ3) is 4.93. The molecule has 0 radical (unpaired) electrons. The number of carbonyl (C=O) groups excluding carboxylic acids is 2. The van der Waals surface area contributed by atoms with Crippen LogP contribution in [0.3, 0.4) is 0 Å². The molecule has 0 fully saturated rings. The number of pyridine rings is 1. The molecule has 8 nitrogen and oxygen atoms in total. The first-order valence-corrected chi connectivity index (χ1v) is 12.9. The Bertz CT molecular complexity index is 1340. The van der Waals surface area contributed by atoms with Gasteiger partial charge in [-0.3, -0.25) is 14.4 Å². The molecule has 0 bridgehead atoms. The van der Waals surface area contributed by atoms with Crippen LogP contribution in [0.15, 0.2) is 41.5 Å². The zero-order chi connectivity index (χ0) is 26.1. The highest BCUT2D eigenvalue weighted by Gasteiger charge is 2.35. The summed E-state index contributed by atoms with van der Waals surface area (Å²) in [5.74, 6) is -0.973. The van der Waals surface area contributed by atoms with Crippen molar-refractivity contribution in [3.05, 3.63) is 68.6 Å². The average molecular weight is 509 g/mol. The quantitative estimate of drug-likeness (QED) is 0.523. The number of benzene rings is 1. The molecule has 3 heterocycles. The number of carbonyl (C=O) groups is 2. The van der Waals surface area contributed by atoms with Crippen LogP contribution in [0.5, 0.6) is 5.75 Å². The van der Waals surface area contributed by atoms with E-state index < -0.39 is 11.2 Å². The van der Waals surface area contributed by atoms with Gasteiger partial charge in [0.15, 0.2) is 11.4 Å². The van der Waals surface area contributed by atoms with Gasteiger partial charge in [0.25, 0.3) is 5.91 Å². The zero-order valence-corrected chi connectivity index (χ0v) is 22.1. The Kier molecular flexibility index (Phi) is 7.31. The van der Waals surface area contributed by atoms with Crippen molar-refractivity contribution >= 4 is 23.2 Å². The fourth-order valence-corrected chi connectivity index (χ4v) is 5.54. The summed E-state index contributed by atoms with van der Waals surface area (Å²) in [6.07, 6.45) is 4.66. The van der Waals surface area contributed by atoms with Crippen LogP contribution in [0.1, 0.15) is 59.7 Å². The van der Waals surface area contributed by atoms with Gasteiger partial charge >= 0.3 is 0 Å². The minimum Gasteiger partial charge on any atom is -0.503 e. The molecule has 190 valence electrons. The zero-order valence-electron chi connectivity index (χ0n) is 21.3. The van der Waals surface area contributed by atoms with Gasteiger partial charge < -0.3 is 19.5 Å². The van der Waals surface area contributed by atoms with E-state index in [1.54, 1.807) is 33.8 Å². The van der Waals surface area contributed by atoms with E-state index in [0.29, 0.717) is 30.9 Å². The number of aromatic nitrogens is 2. The lowest BCUT2D eigenvalue weighted by molar-refractivity contribution is -0.129. The number of thiazole rings is 1. The summed E-state index contributed by atoms with van der Waals surface area (Å²) in [6.45, 7) is 8.26. The summed E-state index contributed by atoms with van der Waals surface area (Å²) in [6, 6.07) is 7.95. The number of nitrogens with zero attached hydrogens (tertiary/aromatic N) is 4. The smallest absolute Gasteiger partial charge is 0.274 e. The Labute approximate surface area is 214 Å². The molecule has 0 saturated heterocycles. The lowest BCUT2D eigenvalue weighted by atomic mass is 10.0. The Morgan fingerprint density at radius 2 is 1.97 bits per heavy atom. The number of aromatic hydroxyl groups is 1. The van der Waals surface area contributed by atoms with Gasteiger partial charge in [0.05, 0.1) is 11.6 Å². The van der Waals surface area contributed by atoms with E-state index in [1.165, 1.54) is 23.8 Å². The van der Waals surface area contributed by atoms with Crippen LogP contribution < -0.4 is 5.43 Å². The molecule has 4 rings (SSSR count). The van der Waals surface area contributed by atoms with E-state index in [1.807, 2.05) is 20.8 Å². The fraction of sp³-hybridized carbons (Fsp3) is 0.407. The summed E-state index contributed by atoms with van der Waals surface area (Å²) < 4.78 is 1.71. The van der Waals surface area contributed by atoms with Gasteiger partial charge in [-0.1, -0.05) is 29.8 Å². The van der Waals surface area contributed by atoms with Crippen LogP contribution in [-0.4, -0.2) is 62.5 Å². The molecule has 2 amide bonds. The molecule has 9 heteroatoms. The van der Waals surface area contributed by atoms with E-state index in [-0.39, 0.29) is 35.2 Å². The summed E-state index contributed by atoms with van der Waals surface area (Å²) in [5, 5.41) is 11.4. The topological polar surface area (TPSA) is 95.7 Å². The van der Waals surface area contributed by atoms with E-state index in [0.717, 1.165) is 10.4 Å². The number of rotatable bonds is 7. The van der Waals surface area contributed by atoms with Crippen molar-refractivity contribution in [2.45, 2.75) is 52.6 Å². The van der Waals surface area contributed by atoms with Crippen molar-refractivity contribution in [2.24, 2.45) is 0 Å². The third-order valence-corrected chi connectivity index (χ3v) is 7.99. The summed E-state index contributed by atoms with van der Waals surface area (Å²) in [5.41, 5.74) is 2.00. The second-order valence-corrected chi connectivity index (χ2v) is 10.6. The number of likely N-dealkylation sites (N-methyl/N-ethyl adjacent to an activating group) is 1. The first kappa shape index (κ1) is 25.6. The molecule has 0 aliphatic carbocycles. The first-order valence-electron chi connectivity index (χ1n) is 12.1. The Balaban J connectivity index is 1.73. The minimum atomic E-state index is -0.601. The SMILES string of the molecule is CCN1C[C@H](CC(C)N(C)C(C)=O)n2cc(-c3ncc(Cc4ccc(C)cc4)s3)c(=O)c(O)c2C1=O. The lowest BCUT2D eigenvalue weighted by Gasteiger charge is -2.38. The Hall–Kier alpha value is -3.46. The first-order chi connectivity index (χ1) is 17.1. The van der Waals surface area contributed by atoms with E-state index >= 15 is 0 Å². The molecule has 1 aromatic carbocycles. The van der Waals surface area contributed by atoms with Gasteiger partial charge in [-0.05, 0) is 32.8 Å². The molecular weight excluding hydrogens is 476 g/mol. The number of hydrogen-bond donors (Lipinski definition) is 1. The predicted octanol–water partition coefficient (Wildman–Crippen LogP) is 3.85. The maximum atomic E-state index is 13.2. The van der Waals surface area contributed by atoms with Crippen LogP contribution in [0.25, 0.3) is 10.6 Å². The van der Waals surface area contributed by atoms with E-state index in [9.17, 15) is 19.5 Å². The molecule has 2 atom stereocenters. The largest absolute Gasteiger partial charge is 0.503 e. The van der Waals surface area contributed by atoms with Gasteiger partial charge in [0.1, 0.15) is 5.01 Å². The summed E-state index contributed by atoms with van der Waals surface area (Å²) >= 11 is 1.40. The molecule has 1 unspecified atom stereocenters. The maximum absolute atomic E-state index is 13.2. The van der Waals surface area contributed by atoms with E-state index in [2.05, 4.69) is 29.2 Å². The van der Waals surface area contributed by atoms with Crippen molar-refractivity contribution in [3.63, 3.8) is 0 Å². The highest BCUT2D eigenvalue weighted by atomic mass is 32.1. The molecule has 1 aliphatic rings. The van der Waals surface area contributed by atoms with Gasteiger partial charge in [-0.15, -0.1) is 11.3 Å². The molecule has 36 heavy (non-hydrogen) atoms. The molecule has 1 aliphatic heterocycles. The molecule has 0 saturated carbocycles. The minimum absolute atomic E-state index is 0.00374. The maximum Gasteiger partial charge on any atom is 0.274 e. The van der Waals surface area contributed by atoms with E-state index in [4.69, 9.17) is 0 Å². The fourth-order valence-electron chi connectivity index (χ4n) is 4.59. The molecular formula is C27H32N4O4S. The number of aryl methyl sites for hydroxylation is 1. The number of hydrogen-bond acceptors (Lipinski definition) is 6. The van der Waals surface area contributed by atoms with Gasteiger partial charge in [-0.25, -0.2) is 4.98 Å². The van der Waals surface area contributed by atoms with Gasteiger partial charge in [-0.2, -0.15) is 0 Å². The van der Waals surface area contributed by atoms with Crippen LogP contribution in [0.4, 0.5) is 0 Å². The predicted molar refractivity (Wildman–Crippen MR) is 141 cm³/mol. The van der Waals surface area contributed by atoms with Crippen molar-refractivity contribution in [1.29, 1.82) is 0 Å². The molecule has 1 N–H and O–H groups in total. The number of fused-ring (bicyclic) bond motifs is 1.